The third kappa shape index (κ3) is 5.51. The van der Waals surface area contributed by atoms with Crippen LogP contribution in [-0.4, -0.2) is 31.5 Å². The summed E-state index contributed by atoms with van der Waals surface area (Å²) in [6, 6.07) is 14.4. The minimum absolute atomic E-state index is 0.0779. The fourth-order valence-electron chi connectivity index (χ4n) is 2.30. The van der Waals surface area contributed by atoms with Gasteiger partial charge >= 0.3 is 0 Å². The van der Waals surface area contributed by atoms with E-state index in [1.165, 1.54) is 0 Å². The Bertz CT molecular complexity index is 761. The lowest BCUT2D eigenvalue weighted by Crippen LogP contribution is -2.31. The molecule has 2 aromatic rings. The van der Waals surface area contributed by atoms with E-state index in [0.29, 0.717) is 22.7 Å². The predicted molar refractivity (Wildman–Crippen MR) is 104 cm³/mol. The topological polar surface area (TPSA) is 79.5 Å². The van der Waals surface area contributed by atoms with E-state index in [4.69, 9.17) is 4.74 Å². The molecule has 138 valence electrons. The fraction of sp³-hybridized carbons (Fsp3) is 0.300. The Kier molecular flexibility index (Phi) is 7.02. The van der Waals surface area contributed by atoms with E-state index in [-0.39, 0.29) is 24.4 Å². The first-order valence-electron chi connectivity index (χ1n) is 8.61. The SMILES string of the molecule is CCC(C)NC(=O)c1cccc(NCC(=O)Nc2ccccc2OC)c1. The van der Waals surface area contributed by atoms with Gasteiger partial charge in [0.25, 0.3) is 5.91 Å². The van der Waals surface area contributed by atoms with E-state index in [1.807, 2.05) is 32.0 Å². The van der Waals surface area contributed by atoms with Crippen LogP contribution in [0.3, 0.4) is 0 Å². The Morgan fingerprint density at radius 1 is 1.12 bits per heavy atom. The van der Waals surface area contributed by atoms with Gasteiger partial charge in [0.1, 0.15) is 5.75 Å². The summed E-state index contributed by atoms with van der Waals surface area (Å²) < 4.78 is 5.21. The number of anilines is 2. The monoisotopic (exact) mass is 355 g/mol. The molecular formula is C20H25N3O3. The van der Waals surface area contributed by atoms with Gasteiger partial charge in [-0.3, -0.25) is 9.59 Å². The number of carbonyl (C=O) groups excluding carboxylic acids is 2. The van der Waals surface area contributed by atoms with Crippen LogP contribution in [0.15, 0.2) is 48.5 Å². The minimum atomic E-state index is -0.205. The Balaban J connectivity index is 1.94. The zero-order chi connectivity index (χ0) is 18.9. The molecule has 0 aromatic heterocycles. The van der Waals surface area contributed by atoms with Crippen molar-refractivity contribution in [1.82, 2.24) is 5.32 Å². The highest BCUT2D eigenvalue weighted by atomic mass is 16.5. The number of nitrogens with one attached hydrogen (secondary N) is 3. The number of hydrogen-bond donors (Lipinski definition) is 3. The van der Waals surface area contributed by atoms with Crippen LogP contribution in [0, 0.1) is 0 Å². The van der Waals surface area contributed by atoms with E-state index in [1.54, 1.807) is 37.4 Å². The largest absolute Gasteiger partial charge is 0.495 e. The number of carbonyl (C=O) groups is 2. The van der Waals surface area contributed by atoms with Gasteiger partial charge < -0.3 is 20.7 Å². The fourth-order valence-corrected chi connectivity index (χ4v) is 2.30. The summed E-state index contributed by atoms with van der Waals surface area (Å²) in [5.41, 5.74) is 1.88. The van der Waals surface area contributed by atoms with Gasteiger partial charge in [0.15, 0.2) is 0 Å². The molecule has 0 bridgehead atoms. The number of hydrogen-bond acceptors (Lipinski definition) is 4. The lowest BCUT2D eigenvalue weighted by atomic mass is 10.1. The number of benzene rings is 2. The molecule has 0 fully saturated rings. The highest BCUT2D eigenvalue weighted by Gasteiger charge is 2.10. The molecule has 0 saturated heterocycles. The molecule has 6 nitrogen and oxygen atoms in total. The zero-order valence-corrected chi connectivity index (χ0v) is 15.3. The summed E-state index contributed by atoms with van der Waals surface area (Å²) in [4.78, 5) is 24.3. The lowest BCUT2D eigenvalue weighted by Gasteiger charge is -2.13. The average Bonchev–Trinajstić information content (AvgIpc) is 2.66. The number of ether oxygens (including phenoxy) is 1. The molecule has 0 radical (unpaired) electrons. The molecule has 0 aliphatic carbocycles. The first-order valence-corrected chi connectivity index (χ1v) is 8.61. The third-order valence-electron chi connectivity index (χ3n) is 3.95. The van der Waals surface area contributed by atoms with Gasteiger partial charge in [0, 0.05) is 17.3 Å². The molecule has 3 N–H and O–H groups in total. The summed E-state index contributed by atoms with van der Waals surface area (Å²) in [5, 5.41) is 8.75. The van der Waals surface area contributed by atoms with Crippen molar-refractivity contribution in [3.8, 4) is 5.75 Å². The van der Waals surface area contributed by atoms with E-state index in [9.17, 15) is 9.59 Å². The molecule has 2 rings (SSSR count). The van der Waals surface area contributed by atoms with Crippen LogP contribution in [0.25, 0.3) is 0 Å². The lowest BCUT2D eigenvalue weighted by molar-refractivity contribution is -0.114. The number of para-hydroxylation sites is 2. The summed E-state index contributed by atoms with van der Waals surface area (Å²) >= 11 is 0. The summed E-state index contributed by atoms with van der Waals surface area (Å²) in [7, 11) is 1.55. The Morgan fingerprint density at radius 2 is 1.88 bits per heavy atom. The molecule has 0 aliphatic heterocycles. The molecular weight excluding hydrogens is 330 g/mol. The molecule has 0 aliphatic rings. The van der Waals surface area contributed by atoms with Crippen molar-refractivity contribution in [2.24, 2.45) is 0 Å². The molecule has 2 aromatic carbocycles. The van der Waals surface area contributed by atoms with Crippen LogP contribution >= 0.6 is 0 Å². The van der Waals surface area contributed by atoms with E-state index in [2.05, 4.69) is 16.0 Å². The minimum Gasteiger partial charge on any atom is -0.495 e. The smallest absolute Gasteiger partial charge is 0.251 e. The molecule has 1 atom stereocenters. The van der Waals surface area contributed by atoms with Crippen LogP contribution < -0.4 is 20.7 Å². The first-order chi connectivity index (χ1) is 12.5. The maximum Gasteiger partial charge on any atom is 0.251 e. The van der Waals surface area contributed by atoms with Crippen molar-refractivity contribution >= 4 is 23.2 Å². The molecule has 0 saturated carbocycles. The average molecular weight is 355 g/mol. The summed E-state index contributed by atoms with van der Waals surface area (Å²) in [5.74, 6) is 0.273. The van der Waals surface area contributed by atoms with E-state index in [0.717, 1.165) is 6.42 Å². The Morgan fingerprint density at radius 3 is 2.62 bits per heavy atom. The van der Waals surface area contributed by atoms with Gasteiger partial charge in [-0.25, -0.2) is 0 Å². The van der Waals surface area contributed by atoms with Gasteiger partial charge in [-0.15, -0.1) is 0 Å². The van der Waals surface area contributed by atoms with Crippen molar-refractivity contribution < 1.29 is 14.3 Å². The van der Waals surface area contributed by atoms with Gasteiger partial charge in [-0.2, -0.15) is 0 Å². The van der Waals surface area contributed by atoms with Crippen molar-refractivity contribution in [1.29, 1.82) is 0 Å². The van der Waals surface area contributed by atoms with E-state index >= 15 is 0 Å². The van der Waals surface area contributed by atoms with Crippen molar-refractivity contribution in [3.05, 3.63) is 54.1 Å². The second-order valence-corrected chi connectivity index (χ2v) is 5.97. The Hall–Kier alpha value is -3.02. The van der Waals surface area contributed by atoms with Crippen LogP contribution in [0.5, 0.6) is 5.75 Å². The van der Waals surface area contributed by atoms with Crippen molar-refractivity contribution in [2.75, 3.05) is 24.3 Å². The molecule has 0 heterocycles. The highest BCUT2D eigenvalue weighted by molar-refractivity contribution is 5.96. The summed E-state index contributed by atoms with van der Waals surface area (Å²) in [6.07, 6.45) is 0.868. The molecule has 1 unspecified atom stereocenters. The predicted octanol–water partition coefficient (Wildman–Crippen LogP) is 3.27. The number of rotatable bonds is 8. The zero-order valence-electron chi connectivity index (χ0n) is 15.3. The van der Waals surface area contributed by atoms with Crippen LogP contribution in [0.4, 0.5) is 11.4 Å². The Labute approximate surface area is 153 Å². The normalized spacial score (nSPS) is 11.3. The van der Waals surface area contributed by atoms with Crippen LogP contribution in [0.2, 0.25) is 0 Å². The third-order valence-corrected chi connectivity index (χ3v) is 3.95. The second-order valence-electron chi connectivity index (χ2n) is 5.97. The van der Waals surface area contributed by atoms with Gasteiger partial charge in [-0.1, -0.05) is 25.1 Å². The van der Waals surface area contributed by atoms with Gasteiger partial charge in [0.05, 0.1) is 19.3 Å². The first kappa shape index (κ1) is 19.3. The highest BCUT2D eigenvalue weighted by Crippen LogP contribution is 2.22. The second kappa shape index (κ2) is 9.46. The molecule has 26 heavy (non-hydrogen) atoms. The number of methoxy groups -OCH3 is 1. The van der Waals surface area contributed by atoms with E-state index < -0.39 is 0 Å². The number of amides is 2. The maximum absolute atomic E-state index is 12.2. The quantitative estimate of drug-likeness (QED) is 0.679. The standard InChI is InChI=1S/C20H25N3O3/c1-4-14(2)22-20(25)15-8-7-9-16(12-15)21-13-19(24)23-17-10-5-6-11-18(17)26-3/h5-12,14,21H,4,13H2,1-3H3,(H,22,25)(H,23,24). The van der Waals surface area contributed by atoms with Gasteiger partial charge in [0.2, 0.25) is 5.91 Å². The van der Waals surface area contributed by atoms with Crippen molar-refractivity contribution in [3.63, 3.8) is 0 Å². The summed E-state index contributed by atoms with van der Waals surface area (Å²) in [6.45, 7) is 4.06. The molecule has 2 amide bonds. The van der Waals surface area contributed by atoms with Crippen LogP contribution in [0.1, 0.15) is 30.6 Å². The molecule has 6 heteroatoms. The maximum atomic E-state index is 12.2. The van der Waals surface area contributed by atoms with Crippen LogP contribution in [-0.2, 0) is 4.79 Å². The van der Waals surface area contributed by atoms with Gasteiger partial charge in [-0.05, 0) is 43.7 Å². The molecule has 0 spiro atoms. The van der Waals surface area contributed by atoms with Crippen molar-refractivity contribution in [2.45, 2.75) is 26.3 Å².